The van der Waals surface area contributed by atoms with Crippen LogP contribution in [0.5, 0.6) is 0 Å². The minimum atomic E-state index is -6.22. The van der Waals surface area contributed by atoms with E-state index in [2.05, 4.69) is 16.1 Å². The van der Waals surface area contributed by atoms with E-state index in [4.69, 9.17) is 0 Å². The van der Waals surface area contributed by atoms with Gasteiger partial charge in [0.25, 0.3) is 11.8 Å². The van der Waals surface area contributed by atoms with Crippen LogP contribution in [0.2, 0.25) is 0 Å². The second-order valence-corrected chi connectivity index (χ2v) is 7.90. The number of hydrogen-bond acceptors (Lipinski definition) is 5. The van der Waals surface area contributed by atoms with Gasteiger partial charge in [-0.15, -0.1) is 9.35 Å². The maximum atomic E-state index is 12.7. The summed E-state index contributed by atoms with van der Waals surface area (Å²) in [4.78, 5) is 25.2. The van der Waals surface area contributed by atoms with Gasteiger partial charge in [0.05, 0.1) is 11.1 Å². The molecule has 0 aromatic heterocycles. The molecule has 0 bridgehead atoms. The van der Waals surface area contributed by atoms with Gasteiger partial charge < -0.3 is 0 Å². The number of carbonyl (C=O) groups excluding carboxylic acids is 2. The number of hydroxylamine groups is 2. The molecular weight excluding hydrogens is 435 g/mol. The van der Waals surface area contributed by atoms with Crippen molar-refractivity contribution < 1.29 is 35.5 Å². The van der Waals surface area contributed by atoms with Gasteiger partial charge in [0.2, 0.25) is 0 Å². The molecule has 31 heavy (non-hydrogen) atoms. The lowest BCUT2D eigenvalue weighted by Crippen LogP contribution is -2.44. The molecule has 0 saturated carbocycles. The Kier molecular flexibility index (Phi) is 4.80. The highest BCUT2D eigenvalue weighted by atomic mass is 32.2. The molecule has 3 aromatic rings. The summed E-state index contributed by atoms with van der Waals surface area (Å²) < 4.78 is 64.5. The number of amides is 2. The highest BCUT2D eigenvalue weighted by molar-refractivity contribution is 7.87. The summed E-state index contributed by atoms with van der Waals surface area (Å²) in [7, 11) is -6.22. The quantitative estimate of drug-likeness (QED) is 0.342. The van der Waals surface area contributed by atoms with Crippen molar-refractivity contribution >= 4 is 32.7 Å². The number of hydrogen-bond donors (Lipinski definition) is 0. The molecule has 0 radical (unpaired) electrons. The van der Waals surface area contributed by atoms with Crippen LogP contribution in [0.15, 0.2) is 60.7 Å². The molecule has 3 aromatic carbocycles. The van der Waals surface area contributed by atoms with E-state index >= 15 is 0 Å². The first-order valence-corrected chi connectivity index (χ1v) is 10.0. The van der Waals surface area contributed by atoms with E-state index in [1.54, 1.807) is 18.2 Å². The van der Waals surface area contributed by atoms with Gasteiger partial charge in [0, 0.05) is 16.5 Å². The summed E-state index contributed by atoms with van der Waals surface area (Å²) in [5, 5.41) is 0.176. The average Bonchev–Trinajstić information content (AvgIpc) is 2.73. The zero-order valence-corrected chi connectivity index (χ0v) is 16.1. The van der Waals surface area contributed by atoms with Crippen molar-refractivity contribution in [2.75, 3.05) is 0 Å². The molecule has 156 valence electrons. The van der Waals surface area contributed by atoms with Gasteiger partial charge in [-0.3, -0.25) is 9.59 Å². The molecule has 0 aliphatic carbocycles. The Bertz CT molecular complexity index is 1380. The largest absolute Gasteiger partial charge is 0.525 e. The first-order chi connectivity index (χ1) is 14.6. The number of carbonyl (C=O) groups is 2. The fraction of sp³-hybridized carbons (Fsp3) is 0.0476. The predicted octanol–water partition coefficient (Wildman–Crippen LogP) is 3.62. The van der Waals surface area contributed by atoms with Crippen LogP contribution in [0.1, 0.15) is 31.8 Å². The number of benzene rings is 3. The third-order valence-corrected chi connectivity index (χ3v) is 5.35. The van der Waals surface area contributed by atoms with Crippen LogP contribution in [0.25, 0.3) is 10.8 Å². The molecule has 0 unspecified atom stereocenters. The van der Waals surface area contributed by atoms with Crippen LogP contribution in [0.3, 0.4) is 0 Å². The number of nitrogens with zero attached hydrogens (tertiary/aromatic N) is 1. The summed E-state index contributed by atoms with van der Waals surface area (Å²) in [6.07, 6.45) is 0. The van der Waals surface area contributed by atoms with Crippen molar-refractivity contribution in [2.24, 2.45) is 0 Å². The molecule has 0 spiro atoms. The molecule has 0 N–H and O–H groups in total. The van der Waals surface area contributed by atoms with Gasteiger partial charge in [0.1, 0.15) is 0 Å². The molecule has 1 aliphatic rings. The molecule has 4 rings (SSSR count). The lowest BCUT2D eigenvalue weighted by Gasteiger charge is -2.25. The van der Waals surface area contributed by atoms with Gasteiger partial charge in [0.15, 0.2) is 0 Å². The maximum absolute atomic E-state index is 12.7. The summed E-state index contributed by atoms with van der Waals surface area (Å²) in [6.45, 7) is 0. The minimum absolute atomic E-state index is 0.154. The number of halogens is 3. The number of alkyl halides is 3. The Balaban J connectivity index is 1.82. The van der Waals surface area contributed by atoms with E-state index in [-0.39, 0.29) is 16.5 Å². The van der Waals surface area contributed by atoms with Gasteiger partial charge in [-0.2, -0.15) is 21.6 Å². The van der Waals surface area contributed by atoms with Crippen molar-refractivity contribution in [3.05, 3.63) is 82.9 Å². The van der Waals surface area contributed by atoms with E-state index < -0.39 is 32.5 Å². The highest BCUT2D eigenvalue weighted by Crippen LogP contribution is 2.34. The van der Waals surface area contributed by atoms with Crippen molar-refractivity contribution in [1.29, 1.82) is 0 Å². The minimum Gasteiger partial charge on any atom is -0.266 e. The molecule has 1 aliphatic heterocycles. The Morgan fingerprint density at radius 2 is 1.45 bits per heavy atom. The van der Waals surface area contributed by atoms with Crippen LogP contribution < -0.4 is 0 Å². The van der Waals surface area contributed by atoms with Crippen molar-refractivity contribution in [3.63, 3.8) is 0 Å². The zero-order chi connectivity index (χ0) is 22.4. The van der Waals surface area contributed by atoms with E-state index in [1.807, 2.05) is 18.2 Å². The van der Waals surface area contributed by atoms with E-state index in [9.17, 15) is 31.2 Å². The Labute approximate surface area is 173 Å². The van der Waals surface area contributed by atoms with Gasteiger partial charge in [-0.05, 0) is 35.7 Å². The molecule has 10 heteroatoms. The molecule has 1 heterocycles. The highest BCUT2D eigenvalue weighted by Gasteiger charge is 2.51. The Hall–Kier alpha value is -3.68. The molecule has 0 atom stereocenters. The first-order valence-electron chi connectivity index (χ1n) is 8.62. The first kappa shape index (κ1) is 20.6. The van der Waals surface area contributed by atoms with Gasteiger partial charge in [-0.25, -0.2) is 0 Å². The van der Waals surface area contributed by atoms with Crippen LogP contribution in [0, 0.1) is 11.8 Å². The summed E-state index contributed by atoms with van der Waals surface area (Å²) >= 11 is 0. The predicted molar refractivity (Wildman–Crippen MR) is 103 cm³/mol. The van der Waals surface area contributed by atoms with Crippen molar-refractivity contribution in [2.45, 2.75) is 5.51 Å². The SMILES string of the molecule is O=C1c2cccc3c(C#Cc4ccccc4)ccc(c23)C(=O)N1OS(=O)(=O)C(F)(F)F. The van der Waals surface area contributed by atoms with Crippen LogP contribution in [0.4, 0.5) is 13.2 Å². The van der Waals surface area contributed by atoms with Gasteiger partial charge in [-0.1, -0.05) is 42.2 Å². The lowest BCUT2D eigenvalue weighted by molar-refractivity contribution is -0.0761. The topological polar surface area (TPSA) is 80.8 Å². The third-order valence-electron chi connectivity index (χ3n) is 4.44. The summed E-state index contributed by atoms with van der Waals surface area (Å²) in [6, 6.07) is 16.0. The molecule has 0 saturated heterocycles. The van der Waals surface area contributed by atoms with Crippen molar-refractivity contribution in [3.8, 4) is 11.8 Å². The third kappa shape index (κ3) is 3.54. The molecular formula is C21H10F3NO5S. The van der Waals surface area contributed by atoms with E-state index in [0.29, 0.717) is 10.9 Å². The fourth-order valence-electron chi connectivity index (χ4n) is 3.05. The lowest BCUT2D eigenvalue weighted by atomic mass is 9.92. The smallest absolute Gasteiger partial charge is 0.266 e. The summed E-state index contributed by atoms with van der Waals surface area (Å²) in [5.74, 6) is 3.23. The Morgan fingerprint density at radius 1 is 0.806 bits per heavy atom. The number of imide groups is 1. The Morgan fingerprint density at radius 3 is 2.10 bits per heavy atom. The van der Waals surface area contributed by atoms with Crippen LogP contribution in [-0.4, -0.2) is 30.8 Å². The van der Waals surface area contributed by atoms with Gasteiger partial charge >= 0.3 is 15.6 Å². The van der Waals surface area contributed by atoms with Crippen LogP contribution >= 0.6 is 0 Å². The summed E-state index contributed by atoms with van der Waals surface area (Å²) in [5.41, 5.74) is -4.98. The van der Waals surface area contributed by atoms with Crippen LogP contribution in [-0.2, 0) is 14.4 Å². The fourth-order valence-corrected chi connectivity index (χ4v) is 3.47. The van der Waals surface area contributed by atoms with E-state index in [0.717, 1.165) is 5.56 Å². The monoisotopic (exact) mass is 445 g/mol. The second-order valence-electron chi connectivity index (χ2n) is 6.38. The molecule has 6 nitrogen and oxygen atoms in total. The molecule has 2 amide bonds. The second kappa shape index (κ2) is 7.23. The normalized spacial score (nSPS) is 13.8. The molecule has 0 fully saturated rings. The van der Waals surface area contributed by atoms with E-state index in [1.165, 1.54) is 24.3 Å². The zero-order valence-electron chi connectivity index (χ0n) is 15.3. The number of rotatable bonds is 2. The maximum Gasteiger partial charge on any atom is 0.525 e. The standard InChI is InChI=1S/C21H10F3NO5S/c22-21(23,24)31(28,29)30-25-19(26)16-8-4-7-15-14(10-9-13-5-2-1-3-6-13)11-12-17(18(15)16)20(25)27/h1-8,11-12H. The van der Waals surface area contributed by atoms with Crippen molar-refractivity contribution in [1.82, 2.24) is 5.06 Å². The average molecular weight is 445 g/mol.